The van der Waals surface area contributed by atoms with E-state index in [-0.39, 0.29) is 0 Å². The third-order valence-corrected chi connectivity index (χ3v) is 3.37. The van der Waals surface area contributed by atoms with Crippen LogP contribution in [0.1, 0.15) is 31.2 Å². The molecule has 0 aliphatic heterocycles. The number of halogens is 3. The Kier molecular flexibility index (Phi) is 3.52. The van der Waals surface area contributed by atoms with E-state index in [1.165, 1.54) is 12.1 Å². The number of hydrogen-bond donors (Lipinski definition) is 2. The third-order valence-electron chi connectivity index (χ3n) is 3.37. The van der Waals surface area contributed by atoms with Gasteiger partial charge < -0.3 is 10.4 Å². The van der Waals surface area contributed by atoms with Crippen LogP contribution < -0.4 is 5.32 Å². The Labute approximate surface area is 104 Å². The molecule has 0 amide bonds. The molecule has 1 saturated carbocycles. The van der Waals surface area contributed by atoms with Gasteiger partial charge in [-0.2, -0.15) is 13.2 Å². The number of aliphatic hydroxyl groups is 1. The number of hydrogen-bond acceptors (Lipinski definition) is 2. The van der Waals surface area contributed by atoms with Gasteiger partial charge >= 0.3 is 6.18 Å². The average molecular weight is 259 g/mol. The van der Waals surface area contributed by atoms with Crippen LogP contribution in [-0.2, 0) is 6.18 Å². The molecular weight excluding hydrogens is 243 g/mol. The van der Waals surface area contributed by atoms with Gasteiger partial charge in [0.05, 0.1) is 11.2 Å². The molecule has 0 radical (unpaired) electrons. The molecule has 0 heterocycles. The molecule has 0 bridgehead atoms. The normalized spacial score (nSPS) is 18.9. The fourth-order valence-corrected chi connectivity index (χ4v) is 2.25. The highest BCUT2D eigenvalue weighted by molar-refractivity contribution is 5.45. The van der Waals surface area contributed by atoms with E-state index in [1.54, 1.807) is 0 Å². The molecule has 0 aromatic heterocycles. The Hall–Kier alpha value is -1.23. The maximum atomic E-state index is 12.4. The second-order valence-electron chi connectivity index (χ2n) is 4.86. The summed E-state index contributed by atoms with van der Waals surface area (Å²) in [7, 11) is 0. The highest BCUT2D eigenvalue weighted by Gasteiger charge is 2.31. The Morgan fingerprint density at radius 2 is 1.67 bits per heavy atom. The van der Waals surface area contributed by atoms with Gasteiger partial charge in [-0.05, 0) is 37.1 Å². The van der Waals surface area contributed by atoms with Crippen molar-refractivity contribution in [3.8, 4) is 0 Å². The number of rotatable bonds is 3. The summed E-state index contributed by atoms with van der Waals surface area (Å²) in [4.78, 5) is 0. The largest absolute Gasteiger partial charge is 0.416 e. The summed E-state index contributed by atoms with van der Waals surface area (Å²) in [5.74, 6) is 0. The van der Waals surface area contributed by atoms with Crippen molar-refractivity contribution in [3.05, 3.63) is 29.8 Å². The van der Waals surface area contributed by atoms with Crippen molar-refractivity contribution < 1.29 is 18.3 Å². The fourth-order valence-electron chi connectivity index (χ4n) is 2.25. The molecule has 1 aromatic carbocycles. The van der Waals surface area contributed by atoms with Gasteiger partial charge in [0.15, 0.2) is 0 Å². The van der Waals surface area contributed by atoms with Crippen molar-refractivity contribution in [2.24, 2.45) is 0 Å². The molecule has 1 aromatic rings. The third kappa shape index (κ3) is 3.16. The standard InChI is InChI=1S/C13H16F3NO/c14-13(15,16)10-3-5-11(6-4-10)17-9-12(18)7-1-2-8-12/h3-6,17-18H,1-2,7-9H2. The minimum absolute atomic E-state index is 0.387. The lowest BCUT2D eigenvalue weighted by Gasteiger charge is -2.23. The zero-order valence-electron chi connectivity index (χ0n) is 9.93. The molecule has 0 atom stereocenters. The smallest absolute Gasteiger partial charge is 0.388 e. The van der Waals surface area contributed by atoms with Crippen LogP contribution >= 0.6 is 0 Å². The summed E-state index contributed by atoms with van der Waals surface area (Å²) in [6, 6.07) is 4.87. The van der Waals surface area contributed by atoms with Crippen molar-refractivity contribution in [1.82, 2.24) is 0 Å². The van der Waals surface area contributed by atoms with Gasteiger partial charge in [0.25, 0.3) is 0 Å². The van der Waals surface area contributed by atoms with E-state index >= 15 is 0 Å². The molecule has 0 unspecified atom stereocenters. The molecule has 2 rings (SSSR count). The lowest BCUT2D eigenvalue weighted by Crippen LogP contribution is -2.33. The molecule has 2 nitrogen and oxygen atoms in total. The first-order chi connectivity index (χ1) is 8.39. The highest BCUT2D eigenvalue weighted by atomic mass is 19.4. The SMILES string of the molecule is OC1(CNc2ccc(C(F)(F)F)cc2)CCCC1. The van der Waals surface area contributed by atoms with Crippen molar-refractivity contribution in [2.45, 2.75) is 37.5 Å². The summed E-state index contributed by atoms with van der Waals surface area (Å²) >= 11 is 0. The van der Waals surface area contributed by atoms with E-state index in [0.717, 1.165) is 37.8 Å². The van der Waals surface area contributed by atoms with Crippen LogP contribution in [-0.4, -0.2) is 17.3 Å². The molecule has 1 fully saturated rings. The van der Waals surface area contributed by atoms with Gasteiger partial charge in [-0.1, -0.05) is 12.8 Å². The second kappa shape index (κ2) is 4.80. The summed E-state index contributed by atoms with van der Waals surface area (Å²) in [6.07, 6.45) is -0.792. The van der Waals surface area contributed by atoms with Crippen LogP contribution in [0.5, 0.6) is 0 Å². The Morgan fingerprint density at radius 3 is 2.17 bits per heavy atom. The van der Waals surface area contributed by atoms with Crippen molar-refractivity contribution in [3.63, 3.8) is 0 Å². The minimum Gasteiger partial charge on any atom is -0.388 e. The quantitative estimate of drug-likeness (QED) is 0.871. The monoisotopic (exact) mass is 259 g/mol. The van der Waals surface area contributed by atoms with E-state index in [9.17, 15) is 18.3 Å². The lowest BCUT2D eigenvalue weighted by atomic mass is 10.0. The maximum absolute atomic E-state index is 12.4. The molecule has 5 heteroatoms. The molecule has 2 N–H and O–H groups in total. The van der Waals surface area contributed by atoms with E-state index in [4.69, 9.17) is 0 Å². The van der Waals surface area contributed by atoms with Gasteiger partial charge in [0.2, 0.25) is 0 Å². The van der Waals surface area contributed by atoms with Crippen molar-refractivity contribution >= 4 is 5.69 Å². The molecule has 18 heavy (non-hydrogen) atoms. The van der Waals surface area contributed by atoms with Crippen LogP contribution in [0.3, 0.4) is 0 Å². The predicted octanol–water partition coefficient (Wildman–Crippen LogP) is 3.42. The van der Waals surface area contributed by atoms with E-state index in [2.05, 4.69) is 5.32 Å². The van der Waals surface area contributed by atoms with Gasteiger partial charge in [-0.15, -0.1) is 0 Å². The number of anilines is 1. The topological polar surface area (TPSA) is 32.3 Å². The Bertz CT molecular complexity index is 394. The molecule has 100 valence electrons. The Morgan fingerprint density at radius 1 is 1.11 bits per heavy atom. The maximum Gasteiger partial charge on any atom is 0.416 e. The fraction of sp³-hybridized carbons (Fsp3) is 0.538. The minimum atomic E-state index is -4.30. The molecule has 1 aliphatic rings. The van der Waals surface area contributed by atoms with Crippen molar-refractivity contribution in [2.75, 3.05) is 11.9 Å². The molecule has 0 saturated heterocycles. The van der Waals surface area contributed by atoms with E-state index < -0.39 is 17.3 Å². The first-order valence-electron chi connectivity index (χ1n) is 6.03. The van der Waals surface area contributed by atoms with Crippen LogP contribution in [0.15, 0.2) is 24.3 Å². The van der Waals surface area contributed by atoms with Crippen molar-refractivity contribution in [1.29, 1.82) is 0 Å². The van der Waals surface area contributed by atoms with Gasteiger partial charge in [-0.3, -0.25) is 0 Å². The first kappa shape index (κ1) is 13.2. The van der Waals surface area contributed by atoms with Gasteiger partial charge in [0.1, 0.15) is 0 Å². The predicted molar refractivity (Wildman–Crippen MR) is 63.4 cm³/mol. The zero-order chi connectivity index (χ0) is 13.2. The molecular formula is C13H16F3NO. The Balaban J connectivity index is 1.94. The highest BCUT2D eigenvalue weighted by Crippen LogP contribution is 2.31. The first-order valence-corrected chi connectivity index (χ1v) is 6.03. The van der Waals surface area contributed by atoms with Crippen LogP contribution in [0, 0.1) is 0 Å². The summed E-state index contributed by atoms with van der Waals surface area (Å²) in [6.45, 7) is 0.387. The number of alkyl halides is 3. The van der Waals surface area contributed by atoms with Gasteiger partial charge in [-0.25, -0.2) is 0 Å². The molecule has 1 aliphatic carbocycles. The van der Waals surface area contributed by atoms with Crippen LogP contribution in [0.4, 0.5) is 18.9 Å². The second-order valence-corrected chi connectivity index (χ2v) is 4.86. The number of nitrogens with one attached hydrogen (secondary N) is 1. The summed E-state index contributed by atoms with van der Waals surface area (Å²) in [5, 5.41) is 13.1. The van der Waals surface area contributed by atoms with Crippen LogP contribution in [0.25, 0.3) is 0 Å². The average Bonchev–Trinajstić information content (AvgIpc) is 2.74. The number of benzene rings is 1. The summed E-state index contributed by atoms with van der Waals surface area (Å²) in [5.41, 5.74) is -0.765. The van der Waals surface area contributed by atoms with Crippen LogP contribution in [0.2, 0.25) is 0 Å². The lowest BCUT2D eigenvalue weighted by molar-refractivity contribution is -0.137. The zero-order valence-corrected chi connectivity index (χ0v) is 9.93. The molecule has 0 spiro atoms. The van der Waals surface area contributed by atoms with E-state index in [1.807, 2.05) is 0 Å². The summed E-state index contributed by atoms with van der Waals surface area (Å²) < 4.78 is 37.1. The van der Waals surface area contributed by atoms with E-state index in [0.29, 0.717) is 12.2 Å². The van der Waals surface area contributed by atoms with Gasteiger partial charge in [0, 0.05) is 12.2 Å².